The Balaban J connectivity index is 2.01. The number of hydrogen-bond donors (Lipinski definition) is 2. The Kier molecular flexibility index (Phi) is 4.37. The van der Waals surface area contributed by atoms with Crippen LogP contribution in [0.5, 0.6) is 0 Å². The number of rotatable bonds is 5. The number of aromatic nitrogens is 2. The van der Waals surface area contributed by atoms with Crippen molar-refractivity contribution in [1.29, 1.82) is 0 Å². The summed E-state index contributed by atoms with van der Waals surface area (Å²) in [5, 5.41) is 15.8. The number of carboxylic acid groups (broad SMARTS) is 1. The van der Waals surface area contributed by atoms with Crippen molar-refractivity contribution in [2.24, 2.45) is 7.05 Å². The molecule has 0 bridgehead atoms. The third-order valence-electron chi connectivity index (χ3n) is 3.29. The number of anilines is 1. The van der Waals surface area contributed by atoms with Gasteiger partial charge in [0.15, 0.2) is 0 Å². The molecule has 2 aromatic rings. The van der Waals surface area contributed by atoms with Gasteiger partial charge in [-0.15, -0.1) is 0 Å². The number of aryl methyl sites for hydroxylation is 3. The van der Waals surface area contributed by atoms with Gasteiger partial charge in [0.05, 0.1) is 5.56 Å². The fraction of sp³-hybridized carbons (Fsp3) is 0.267. The molecule has 0 fully saturated rings. The first kappa shape index (κ1) is 14.8. The van der Waals surface area contributed by atoms with Gasteiger partial charge in [0.2, 0.25) is 5.91 Å². The van der Waals surface area contributed by atoms with Crippen molar-refractivity contribution in [2.75, 3.05) is 5.32 Å². The number of carbonyl (C=O) groups is 2. The summed E-state index contributed by atoms with van der Waals surface area (Å²) in [5.74, 6) is -1.16. The average molecular weight is 287 g/mol. The van der Waals surface area contributed by atoms with Crippen molar-refractivity contribution in [3.8, 4) is 0 Å². The number of nitrogens with one attached hydrogen (secondary N) is 1. The van der Waals surface area contributed by atoms with Gasteiger partial charge in [-0.1, -0.05) is 6.07 Å². The molecule has 0 atom stereocenters. The van der Waals surface area contributed by atoms with E-state index in [0.29, 0.717) is 18.5 Å². The molecule has 6 nitrogen and oxygen atoms in total. The zero-order valence-electron chi connectivity index (χ0n) is 12.0. The molecule has 0 spiro atoms. The topological polar surface area (TPSA) is 84.2 Å². The third kappa shape index (κ3) is 3.68. The largest absolute Gasteiger partial charge is 0.478 e. The second kappa shape index (κ2) is 6.21. The molecule has 110 valence electrons. The molecule has 0 aliphatic rings. The molecule has 2 rings (SSSR count). The Labute approximate surface area is 122 Å². The van der Waals surface area contributed by atoms with Gasteiger partial charge in [-0.2, -0.15) is 5.10 Å². The number of carbonyl (C=O) groups excluding carboxylic acids is 1. The van der Waals surface area contributed by atoms with Crippen LogP contribution in [0, 0.1) is 6.92 Å². The molecule has 2 N–H and O–H groups in total. The van der Waals surface area contributed by atoms with Gasteiger partial charge >= 0.3 is 5.97 Å². The van der Waals surface area contributed by atoms with Crippen LogP contribution in [0.15, 0.2) is 30.5 Å². The molecule has 0 unspecified atom stereocenters. The highest BCUT2D eigenvalue weighted by atomic mass is 16.4. The second-order valence-electron chi connectivity index (χ2n) is 4.83. The summed E-state index contributed by atoms with van der Waals surface area (Å²) < 4.78 is 1.73. The van der Waals surface area contributed by atoms with Gasteiger partial charge < -0.3 is 10.4 Å². The lowest BCUT2D eigenvalue weighted by Gasteiger charge is -2.09. The van der Waals surface area contributed by atoms with Crippen LogP contribution in [-0.2, 0) is 18.3 Å². The Morgan fingerprint density at radius 2 is 2.10 bits per heavy atom. The van der Waals surface area contributed by atoms with E-state index in [4.69, 9.17) is 5.11 Å². The van der Waals surface area contributed by atoms with Gasteiger partial charge in [-0.3, -0.25) is 9.48 Å². The normalized spacial score (nSPS) is 10.4. The van der Waals surface area contributed by atoms with Gasteiger partial charge in [0, 0.05) is 31.0 Å². The summed E-state index contributed by atoms with van der Waals surface area (Å²) in [6.07, 6.45) is 2.59. The number of benzene rings is 1. The summed E-state index contributed by atoms with van der Waals surface area (Å²) in [6, 6.07) is 6.53. The first-order valence-electron chi connectivity index (χ1n) is 6.58. The van der Waals surface area contributed by atoms with Gasteiger partial charge in [0.1, 0.15) is 0 Å². The molecule has 1 aromatic carbocycles. The zero-order chi connectivity index (χ0) is 15.4. The van der Waals surface area contributed by atoms with Gasteiger partial charge in [-0.05, 0) is 37.1 Å². The first-order chi connectivity index (χ1) is 9.97. The number of carboxylic acids is 1. The molecule has 0 aliphatic carbocycles. The summed E-state index contributed by atoms with van der Waals surface area (Å²) >= 11 is 0. The molecule has 1 heterocycles. The molecule has 1 aromatic heterocycles. The van der Waals surface area contributed by atoms with Crippen LogP contribution in [0.4, 0.5) is 5.69 Å². The Morgan fingerprint density at radius 1 is 1.33 bits per heavy atom. The lowest BCUT2D eigenvalue weighted by molar-refractivity contribution is -0.116. The molecular weight excluding hydrogens is 270 g/mol. The average Bonchev–Trinajstić information content (AvgIpc) is 2.84. The number of hydrogen-bond acceptors (Lipinski definition) is 3. The van der Waals surface area contributed by atoms with E-state index in [-0.39, 0.29) is 11.5 Å². The van der Waals surface area contributed by atoms with E-state index in [1.54, 1.807) is 16.9 Å². The fourth-order valence-electron chi connectivity index (χ4n) is 1.99. The van der Waals surface area contributed by atoms with Crippen molar-refractivity contribution in [3.63, 3.8) is 0 Å². The van der Waals surface area contributed by atoms with Crippen LogP contribution in [0.25, 0.3) is 0 Å². The molecule has 6 heteroatoms. The van der Waals surface area contributed by atoms with Crippen molar-refractivity contribution in [1.82, 2.24) is 9.78 Å². The highest BCUT2D eigenvalue weighted by Gasteiger charge is 2.10. The fourth-order valence-corrected chi connectivity index (χ4v) is 1.99. The van der Waals surface area contributed by atoms with Crippen LogP contribution in [-0.4, -0.2) is 26.8 Å². The van der Waals surface area contributed by atoms with Crippen molar-refractivity contribution >= 4 is 17.6 Å². The predicted octanol–water partition coefficient (Wildman–Crippen LogP) is 2.00. The third-order valence-corrected chi connectivity index (χ3v) is 3.29. The summed E-state index contributed by atoms with van der Waals surface area (Å²) in [6.45, 7) is 1.82. The van der Waals surface area contributed by atoms with Crippen LogP contribution in [0.1, 0.15) is 28.0 Å². The van der Waals surface area contributed by atoms with Crippen LogP contribution in [0.2, 0.25) is 0 Å². The molecule has 1 amide bonds. The van der Waals surface area contributed by atoms with E-state index in [9.17, 15) is 9.59 Å². The van der Waals surface area contributed by atoms with Crippen molar-refractivity contribution in [3.05, 3.63) is 47.3 Å². The van der Waals surface area contributed by atoms with Crippen LogP contribution >= 0.6 is 0 Å². The van der Waals surface area contributed by atoms with E-state index < -0.39 is 5.97 Å². The maximum Gasteiger partial charge on any atom is 0.335 e. The summed E-state index contributed by atoms with van der Waals surface area (Å²) in [5.41, 5.74) is 2.49. The molecular formula is C15H17N3O3. The van der Waals surface area contributed by atoms with Crippen molar-refractivity contribution < 1.29 is 14.7 Å². The quantitative estimate of drug-likeness (QED) is 0.881. The zero-order valence-corrected chi connectivity index (χ0v) is 12.0. The molecule has 0 saturated carbocycles. The van der Waals surface area contributed by atoms with Crippen molar-refractivity contribution in [2.45, 2.75) is 19.8 Å². The van der Waals surface area contributed by atoms with Gasteiger partial charge in [-0.25, -0.2) is 4.79 Å². The minimum Gasteiger partial charge on any atom is -0.478 e. The Morgan fingerprint density at radius 3 is 2.71 bits per heavy atom. The Hall–Kier alpha value is -2.63. The van der Waals surface area contributed by atoms with E-state index in [1.807, 2.05) is 20.0 Å². The molecule has 0 saturated heterocycles. The Bertz CT molecular complexity index is 677. The standard InChI is InChI=1S/C15H17N3O3/c1-10-3-4-11(15(20)21)9-13(10)17-14(19)6-5-12-7-8-16-18(12)2/h3-4,7-9H,5-6H2,1-2H3,(H,17,19)(H,20,21). The lowest BCUT2D eigenvalue weighted by atomic mass is 10.1. The van der Waals surface area contributed by atoms with E-state index in [0.717, 1.165) is 11.3 Å². The molecule has 0 aliphatic heterocycles. The van der Waals surface area contributed by atoms with E-state index >= 15 is 0 Å². The first-order valence-corrected chi connectivity index (χ1v) is 6.58. The van der Waals surface area contributed by atoms with E-state index in [2.05, 4.69) is 10.4 Å². The number of nitrogens with zero attached hydrogens (tertiary/aromatic N) is 2. The highest BCUT2D eigenvalue weighted by molar-refractivity contribution is 5.94. The minimum absolute atomic E-state index is 0.151. The summed E-state index contributed by atoms with van der Waals surface area (Å²) in [4.78, 5) is 22.9. The minimum atomic E-state index is -1.01. The summed E-state index contributed by atoms with van der Waals surface area (Å²) in [7, 11) is 1.83. The smallest absolute Gasteiger partial charge is 0.335 e. The van der Waals surface area contributed by atoms with Crippen LogP contribution in [0.3, 0.4) is 0 Å². The maximum atomic E-state index is 12.0. The lowest BCUT2D eigenvalue weighted by Crippen LogP contribution is -2.14. The predicted molar refractivity (Wildman–Crippen MR) is 78.3 cm³/mol. The monoisotopic (exact) mass is 287 g/mol. The second-order valence-corrected chi connectivity index (χ2v) is 4.83. The van der Waals surface area contributed by atoms with E-state index in [1.165, 1.54) is 12.1 Å². The maximum absolute atomic E-state index is 12.0. The highest BCUT2D eigenvalue weighted by Crippen LogP contribution is 2.17. The van der Waals surface area contributed by atoms with Gasteiger partial charge in [0.25, 0.3) is 0 Å². The SMILES string of the molecule is Cc1ccc(C(=O)O)cc1NC(=O)CCc1ccnn1C. The number of aromatic carboxylic acids is 1. The number of amides is 1. The molecule has 0 radical (unpaired) electrons. The van der Waals surface area contributed by atoms with Crippen LogP contribution < -0.4 is 5.32 Å². The molecule has 21 heavy (non-hydrogen) atoms.